The van der Waals surface area contributed by atoms with Gasteiger partial charge < -0.3 is 0 Å². The zero-order valence-electron chi connectivity index (χ0n) is 9.33. The topological polar surface area (TPSA) is 0 Å². The summed E-state index contributed by atoms with van der Waals surface area (Å²) in [5, 5.41) is 5.39. The van der Waals surface area contributed by atoms with Crippen LogP contribution in [0.3, 0.4) is 0 Å². The van der Waals surface area contributed by atoms with Gasteiger partial charge in [-0.1, -0.05) is 36.4 Å². The van der Waals surface area contributed by atoms with Crippen LogP contribution in [0.2, 0.25) is 0 Å². The molecule has 0 unspecified atom stereocenters. The van der Waals surface area contributed by atoms with Crippen molar-refractivity contribution in [2.75, 3.05) is 0 Å². The quantitative estimate of drug-likeness (QED) is 0.656. The minimum absolute atomic E-state index is 1.13. The van der Waals surface area contributed by atoms with Gasteiger partial charge in [-0.25, -0.2) is 0 Å². The Morgan fingerprint density at radius 1 is 0.938 bits per heavy atom. The van der Waals surface area contributed by atoms with Gasteiger partial charge in [0.05, 0.1) is 0 Å². The second-order valence-corrected chi connectivity index (χ2v) is 4.78. The second-order valence-electron chi connectivity index (χ2n) is 4.33. The molecule has 0 N–H and O–H groups in total. The summed E-state index contributed by atoms with van der Waals surface area (Å²) in [5.41, 5.74) is 1.31. The predicted octanol–water partition coefficient (Wildman–Crippen LogP) is 2.79. The fourth-order valence-corrected chi connectivity index (χ4v) is 2.85. The molecule has 0 amide bonds. The molecule has 0 heterocycles. The van der Waals surface area contributed by atoms with E-state index in [1.165, 1.54) is 26.8 Å². The van der Waals surface area contributed by atoms with Crippen molar-refractivity contribution < 1.29 is 0 Å². The summed E-state index contributed by atoms with van der Waals surface area (Å²) in [6.07, 6.45) is 7.01. The Labute approximate surface area is 101 Å². The van der Waals surface area contributed by atoms with Gasteiger partial charge in [-0.15, -0.1) is 12.6 Å². The van der Waals surface area contributed by atoms with Crippen LogP contribution in [0.5, 0.6) is 0 Å². The van der Waals surface area contributed by atoms with Gasteiger partial charge in [0, 0.05) is 4.90 Å². The van der Waals surface area contributed by atoms with E-state index in [0.717, 1.165) is 17.7 Å². The molecule has 1 aliphatic rings. The van der Waals surface area contributed by atoms with Crippen molar-refractivity contribution >= 4 is 35.6 Å². The van der Waals surface area contributed by atoms with Crippen molar-refractivity contribution in [3.8, 4) is 0 Å². The molecule has 0 radical (unpaired) electrons. The molecule has 0 aliphatic heterocycles. The minimum atomic E-state index is 1.13. The smallest absolute Gasteiger partial charge is 0.0154 e. The zero-order valence-corrected chi connectivity index (χ0v) is 10.2. The Morgan fingerprint density at radius 3 is 2.31 bits per heavy atom. The highest BCUT2D eigenvalue weighted by Gasteiger charge is 2.07. The van der Waals surface area contributed by atoms with Crippen molar-refractivity contribution in [3.05, 3.63) is 40.3 Å². The number of benzene rings is 2. The number of rotatable bonds is 0. The molecule has 2 aromatic carbocycles. The highest BCUT2D eigenvalue weighted by Crippen LogP contribution is 2.21. The van der Waals surface area contributed by atoms with Crippen LogP contribution < -0.4 is 10.4 Å². The van der Waals surface area contributed by atoms with Gasteiger partial charge >= 0.3 is 0 Å². The van der Waals surface area contributed by atoms with E-state index in [1.54, 1.807) is 0 Å². The average molecular weight is 226 g/mol. The molecule has 80 valence electrons. The Bertz CT molecular complexity index is 681. The molecule has 3 rings (SSSR count). The molecule has 0 aromatic heterocycles. The van der Waals surface area contributed by atoms with Crippen LogP contribution >= 0.6 is 12.6 Å². The lowest BCUT2D eigenvalue weighted by Crippen LogP contribution is -2.30. The van der Waals surface area contributed by atoms with E-state index >= 15 is 0 Å². The first-order valence-corrected chi connectivity index (χ1v) is 6.14. The fraction of sp³-hybridized carbons (Fsp3) is 0.200. The maximum atomic E-state index is 4.66. The first-order chi connectivity index (χ1) is 7.79. The van der Waals surface area contributed by atoms with Gasteiger partial charge in [-0.3, -0.25) is 0 Å². The van der Waals surface area contributed by atoms with E-state index in [0.29, 0.717) is 0 Å². The molecule has 1 heteroatoms. The van der Waals surface area contributed by atoms with Crippen molar-refractivity contribution in [1.29, 1.82) is 0 Å². The number of fused-ring (bicyclic) bond motifs is 3. The maximum Gasteiger partial charge on any atom is 0.0154 e. The second kappa shape index (κ2) is 3.67. The molecule has 1 aliphatic carbocycles. The van der Waals surface area contributed by atoms with Crippen LogP contribution in [0.15, 0.2) is 29.2 Å². The first kappa shape index (κ1) is 9.98. The molecule has 0 atom stereocenters. The summed E-state index contributed by atoms with van der Waals surface area (Å²) >= 11 is 4.66. The highest BCUT2D eigenvalue weighted by atomic mass is 32.1. The lowest BCUT2D eigenvalue weighted by atomic mass is 9.97. The van der Waals surface area contributed by atoms with Gasteiger partial charge in [0.2, 0.25) is 0 Å². The molecule has 0 saturated heterocycles. The van der Waals surface area contributed by atoms with Crippen molar-refractivity contribution in [3.63, 3.8) is 0 Å². The van der Waals surface area contributed by atoms with Crippen LogP contribution in [0.25, 0.3) is 22.9 Å². The predicted molar refractivity (Wildman–Crippen MR) is 73.4 cm³/mol. The number of hydrogen-bond acceptors (Lipinski definition) is 1. The Morgan fingerprint density at radius 2 is 1.56 bits per heavy atom. The SMILES string of the molecule is Cc1c(S)c2ccccc2c2c1=CCCC=2. The molecular formula is C15H14S. The maximum absolute atomic E-state index is 4.66. The molecular weight excluding hydrogens is 212 g/mol. The molecule has 0 fully saturated rings. The third-order valence-corrected chi connectivity index (χ3v) is 3.96. The summed E-state index contributed by atoms with van der Waals surface area (Å²) in [7, 11) is 0. The van der Waals surface area contributed by atoms with Gasteiger partial charge in [-0.05, 0) is 46.5 Å². The summed E-state index contributed by atoms with van der Waals surface area (Å²) in [6, 6.07) is 8.55. The van der Waals surface area contributed by atoms with Gasteiger partial charge in [0.1, 0.15) is 0 Å². The molecule has 0 saturated carbocycles. The van der Waals surface area contributed by atoms with E-state index in [9.17, 15) is 0 Å². The molecule has 0 spiro atoms. The minimum Gasteiger partial charge on any atom is -0.142 e. The van der Waals surface area contributed by atoms with Crippen molar-refractivity contribution in [1.82, 2.24) is 0 Å². The normalized spacial score (nSPS) is 14.1. The van der Waals surface area contributed by atoms with Gasteiger partial charge in [0.25, 0.3) is 0 Å². The van der Waals surface area contributed by atoms with Crippen LogP contribution in [0, 0.1) is 6.92 Å². The monoisotopic (exact) mass is 226 g/mol. The van der Waals surface area contributed by atoms with E-state index in [-0.39, 0.29) is 0 Å². The summed E-state index contributed by atoms with van der Waals surface area (Å²) < 4.78 is 0. The Balaban J connectivity index is 2.68. The van der Waals surface area contributed by atoms with Crippen LogP contribution in [-0.4, -0.2) is 0 Å². The van der Waals surface area contributed by atoms with Gasteiger partial charge in [-0.2, -0.15) is 0 Å². The number of hydrogen-bond donors (Lipinski definition) is 1. The third-order valence-electron chi connectivity index (χ3n) is 3.39. The van der Waals surface area contributed by atoms with Crippen molar-refractivity contribution in [2.45, 2.75) is 24.7 Å². The van der Waals surface area contributed by atoms with Crippen LogP contribution in [0.1, 0.15) is 18.4 Å². The standard InChI is InChI=1S/C15H14S/c1-10-11-6-2-3-7-12(11)13-8-4-5-9-14(13)15(10)16/h4-9,16H,2-3H2,1H3. The summed E-state index contributed by atoms with van der Waals surface area (Å²) in [5.74, 6) is 0. The van der Waals surface area contributed by atoms with E-state index in [1.807, 2.05) is 0 Å². The fourth-order valence-electron chi connectivity index (χ4n) is 2.54. The van der Waals surface area contributed by atoms with Crippen molar-refractivity contribution in [2.24, 2.45) is 0 Å². The average Bonchev–Trinajstić information content (AvgIpc) is 2.36. The summed E-state index contributed by atoms with van der Waals surface area (Å²) in [6.45, 7) is 2.17. The zero-order chi connectivity index (χ0) is 11.1. The highest BCUT2D eigenvalue weighted by molar-refractivity contribution is 7.80. The molecule has 2 aromatic rings. The molecule has 16 heavy (non-hydrogen) atoms. The van der Waals surface area contributed by atoms with Gasteiger partial charge in [0.15, 0.2) is 0 Å². The van der Waals surface area contributed by atoms with E-state index in [2.05, 4.69) is 56.0 Å². The molecule has 0 nitrogen and oxygen atoms in total. The van der Waals surface area contributed by atoms with E-state index in [4.69, 9.17) is 0 Å². The molecule has 0 bridgehead atoms. The van der Waals surface area contributed by atoms with E-state index < -0.39 is 0 Å². The lowest BCUT2D eigenvalue weighted by molar-refractivity contribution is 1.11. The van der Waals surface area contributed by atoms with Crippen LogP contribution in [0.4, 0.5) is 0 Å². The Hall–Kier alpha value is -1.21. The van der Waals surface area contributed by atoms with Crippen LogP contribution in [-0.2, 0) is 0 Å². The largest absolute Gasteiger partial charge is 0.142 e. The third kappa shape index (κ3) is 1.31. The summed E-state index contributed by atoms with van der Waals surface area (Å²) in [4.78, 5) is 1.13. The Kier molecular flexibility index (Phi) is 2.29. The first-order valence-electron chi connectivity index (χ1n) is 5.69. The lowest BCUT2D eigenvalue weighted by Gasteiger charge is -2.11. The number of thiol groups is 1.